The van der Waals surface area contributed by atoms with Crippen LogP contribution in [0.25, 0.3) is 0 Å². The first kappa shape index (κ1) is 37.8. The number of aliphatic hydroxyl groups excluding tert-OH is 1. The van der Waals surface area contributed by atoms with Crippen molar-refractivity contribution in [2.24, 2.45) is 5.92 Å². The minimum absolute atomic E-state index is 0.497. The number of allylic oxidation sites excluding steroid dienone is 4. The molecule has 198 valence electrons. The van der Waals surface area contributed by atoms with Gasteiger partial charge in [0.1, 0.15) is 0 Å². The van der Waals surface area contributed by atoms with Crippen LogP contribution in [0.2, 0.25) is 0 Å². The van der Waals surface area contributed by atoms with Crippen molar-refractivity contribution in [3.05, 3.63) is 101 Å². The zero-order valence-corrected chi connectivity index (χ0v) is 25.3. The van der Waals surface area contributed by atoms with Gasteiger partial charge in [0.2, 0.25) is 0 Å². The van der Waals surface area contributed by atoms with E-state index in [1.165, 1.54) is 23.2 Å². The van der Waals surface area contributed by atoms with Gasteiger partial charge in [0.05, 0.1) is 6.10 Å². The van der Waals surface area contributed by atoms with E-state index in [9.17, 15) is 5.11 Å². The number of halogens is 2. The summed E-state index contributed by atoms with van der Waals surface area (Å²) in [5.74, 6) is 0.833. The Morgan fingerprint density at radius 1 is 1.06 bits per heavy atom. The van der Waals surface area contributed by atoms with Crippen LogP contribution in [0.5, 0.6) is 0 Å². The highest BCUT2D eigenvalue weighted by Crippen LogP contribution is 2.38. The second kappa shape index (κ2) is 24.0. The van der Waals surface area contributed by atoms with E-state index in [4.69, 9.17) is 0 Å². The van der Waals surface area contributed by atoms with Gasteiger partial charge < -0.3 is 10.0 Å². The molecule has 6 heteroatoms. The maximum atomic E-state index is 10.2. The van der Waals surface area contributed by atoms with Crippen LogP contribution < -0.4 is 0 Å². The van der Waals surface area contributed by atoms with Crippen molar-refractivity contribution >= 4 is 35.0 Å². The maximum absolute atomic E-state index is 10.2. The van der Waals surface area contributed by atoms with Gasteiger partial charge in [-0.15, -0.1) is 23.2 Å². The Balaban J connectivity index is -0.000000721. The number of aromatic nitrogens is 1. The third-order valence-corrected chi connectivity index (χ3v) is 5.32. The summed E-state index contributed by atoms with van der Waals surface area (Å²) < 4.78 is 0. The Kier molecular flexibility index (Phi) is 25.9. The molecule has 1 aromatic heterocycles. The number of hydrogen-bond acceptors (Lipinski definition) is 4. The van der Waals surface area contributed by atoms with Crippen molar-refractivity contribution in [3.8, 4) is 0 Å². The lowest BCUT2D eigenvalue weighted by molar-refractivity contribution is 0.223. The molecule has 0 aliphatic carbocycles. The first-order valence-corrected chi connectivity index (χ1v) is 13.6. The molecular weight excluding hydrogens is 495 g/mol. The second-order valence-electron chi connectivity index (χ2n) is 7.91. The number of aliphatic hydroxyl groups is 1. The lowest BCUT2D eigenvalue weighted by atomic mass is 9.96. The van der Waals surface area contributed by atoms with Crippen molar-refractivity contribution < 1.29 is 5.11 Å². The fourth-order valence-electron chi connectivity index (χ4n) is 2.81. The Hall–Kier alpha value is -1.72. The Bertz CT molecular complexity index is 791. The molecule has 0 spiro atoms. The smallest absolute Gasteiger partial charge is 0.0781 e. The lowest BCUT2D eigenvalue weighted by Gasteiger charge is -2.35. The van der Waals surface area contributed by atoms with Gasteiger partial charge in [0.15, 0.2) is 0 Å². The molecule has 2 rings (SSSR count). The fraction of sp³-hybridized carbons (Fsp3) is 0.414. The van der Waals surface area contributed by atoms with E-state index >= 15 is 0 Å². The second-order valence-corrected chi connectivity index (χ2v) is 9.13. The summed E-state index contributed by atoms with van der Waals surface area (Å²) in [6.07, 6.45) is 11.1. The summed E-state index contributed by atoms with van der Waals surface area (Å²) in [5.41, 5.74) is 4.49. The Labute approximate surface area is 230 Å². The molecule has 1 aliphatic heterocycles. The molecule has 35 heavy (non-hydrogen) atoms. The maximum Gasteiger partial charge on any atom is 0.0781 e. The van der Waals surface area contributed by atoms with E-state index in [-0.39, 0.29) is 0 Å². The number of thioether (sulfide) groups is 1. The normalized spacial score (nSPS) is 12.9. The number of rotatable bonds is 7. The van der Waals surface area contributed by atoms with Gasteiger partial charge in [0, 0.05) is 59.3 Å². The summed E-state index contributed by atoms with van der Waals surface area (Å²) in [5, 5.41) is 10.2. The number of nitrogens with zero attached hydrogens (tertiary/aromatic N) is 2. The molecule has 1 atom stereocenters. The summed E-state index contributed by atoms with van der Waals surface area (Å²) in [4.78, 5) is 8.50. The highest BCUT2D eigenvalue weighted by Gasteiger charge is 2.25. The Morgan fingerprint density at radius 2 is 1.51 bits per heavy atom. The first-order chi connectivity index (χ1) is 16.6. The molecular formula is C29H46Cl2N2OS. The van der Waals surface area contributed by atoms with Crippen LogP contribution >= 0.6 is 35.0 Å². The first-order valence-electron chi connectivity index (χ1n) is 11.3. The molecule has 3 nitrogen and oxygen atoms in total. The van der Waals surface area contributed by atoms with Crippen LogP contribution in [0.1, 0.15) is 47.1 Å². The van der Waals surface area contributed by atoms with Crippen molar-refractivity contribution in [3.63, 3.8) is 0 Å². The molecule has 0 bridgehead atoms. The quantitative estimate of drug-likeness (QED) is 0.276. The minimum atomic E-state index is -0.497. The molecule has 0 aromatic carbocycles. The van der Waals surface area contributed by atoms with E-state index in [1.807, 2.05) is 31.5 Å². The predicted octanol–water partition coefficient (Wildman–Crippen LogP) is 8.99. The van der Waals surface area contributed by atoms with E-state index in [0.717, 1.165) is 40.8 Å². The lowest BCUT2D eigenvalue weighted by Crippen LogP contribution is -2.31. The number of alkyl halides is 2. The minimum Gasteiger partial charge on any atom is -0.389 e. The number of hydrogen-bond donors (Lipinski definition) is 1. The van der Waals surface area contributed by atoms with Crippen molar-refractivity contribution in [1.29, 1.82) is 0 Å². The monoisotopic (exact) mass is 540 g/mol. The van der Waals surface area contributed by atoms with Crippen LogP contribution in [0.4, 0.5) is 0 Å². The van der Waals surface area contributed by atoms with Crippen LogP contribution in [0.3, 0.4) is 0 Å². The van der Waals surface area contributed by atoms with Gasteiger partial charge in [-0.05, 0) is 50.0 Å². The average molecular weight is 542 g/mol. The number of pyridine rings is 1. The summed E-state index contributed by atoms with van der Waals surface area (Å²) in [6.45, 7) is 28.6. The van der Waals surface area contributed by atoms with Crippen LogP contribution in [0, 0.1) is 5.92 Å². The highest BCUT2D eigenvalue weighted by atomic mass is 35.5. The molecule has 1 aliphatic rings. The van der Waals surface area contributed by atoms with E-state index in [2.05, 4.69) is 94.0 Å². The highest BCUT2D eigenvalue weighted by molar-refractivity contribution is 8.06. The summed E-state index contributed by atoms with van der Waals surface area (Å²) in [7, 11) is 0. The summed E-state index contributed by atoms with van der Waals surface area (Å²) >= 11 is 10.9. The van der Waals surface area contributed by atoms with E-state index < -0.39 is 6.10 Å². The van der Waals surface area contributed by atoms with E-state index in [1.54, 1.807) is 30.0 Å². The molecule has 1 unspecified atom stereocenters. The van der Waals surface area contributed by atoms with Crippen LogP contribution in [-0.2, 0) is 6.54 Å². The van der Waals surface area contributed by atoms with Gasteiger partial charge in [-0.3, -0.25) is 4.98 Å². The third kappa shape index (κ3) is 17.4. The molecule has 0 amide bonds. The van der Waals surface area contributed by atoms with Gasteiger partial charge in [-0.1, -0.05) is 77.1 Å². The Morgan fingerprint density at radius 3 is 1.89 bits per heavy atom. The van der Waals surface area contributed by atoms with Crippen molar-refractivity contribution in [1.82, 2.24) is 9.88 Å². The molecule has 0 saturated heterocycles. The molecule has 0 saturated carbocycles. The largest absolute Gasteiger partial charge is 0.389 e. The van der Waals surface area contributed by atoms with Gasteiger partial charge in [-0.2, -0.15) is 0 Å². The van der Waals surface area contributed by atoms with E-state index in [0.29, 0.717) is 0 Å². The molecule has 0 radical (unpaired) electrons. The van der Waals surface area contributed by atoms with Crippen molar-refractivity contribution in [2.45, 2.75) is 54.2 Å². The fourth-order valence-corrected chi connectivity index (χ4v) is 3.69. The SMILES string of the molecule is C=CC(=C)SC1=C(C)C(C(C)O)=C(C)N(Cc2ccncc2)C1.C=CC=C.CC(C)C.CCl.CCl. The van der Waals surface area contributed by atoms with Gasteiger partial charge in [-0.25, -0.2) is 0 Å². The zero-order valence-electron chi connectivity index (χ0n) is 22.9. The molecule has 1 N–H and O–H groups in total. The average Bonchev–Trinajstić information content (AvgIpc) is 2.85. The predicted molar refractivity (Wildman–Crippen MR) is 163 cm³/mol. The molecule has 0 fully saturated rings. The standard InChI is InChI=1S/C19H24N2OS.C4H10.C4H6.2CH3Cl/c1-6-13(2)23-18-12-21(11-17-7-9-20-10-8-17)15(4)19(14(18)3)16(5)22;1-4(2)3;1-3-4-2;2*1-2/h6-10,16,22H,1-2,11-12H2,3-5H3;4H,1-3H3;3-4H,1-2H2;2*1H3. The van der Waals surface area contributed by atoms with Crippen LogP contribution in [0.15, 0.2) is 95.7 Å². The van der Waals surface area contributed by atoms with Gasteiger partial charge in [0.25, 0.3) is 0 Å². The topological polar surface area (TPSA) is 36.4 Å². The third-order valence-electron chi connectivity index (χ3n) is 4.21. The zero-order chi connectivity index (χ0) is 28.0. The van der Waals surface area contributed by atoms with Gasteiger partial charge >= 0.3 is 0 Å². The van der Waals surface area contributed by atoms with Crippen LogP contribution in [-0.4, -0.2) is 40.4 Å². The molecule has 1 aromatic rings. The van der Waals surface area contributed by atoms with Crippen molar-refractivity contribution in [2.75, 3.05) is 19.3 Å². The molecule has 2 heterocycles. The summed E-state index contributed by atoms with van der Waals surface area (Å²) in [6, 6.07) is 4.05.